The van der Waals surface area contributed by atoms with Crippen molar-refractivity contribution in [1.29, 1.82) is 0 Å². The van der Waals surface area contributed by atoms with Gasteiger partial charge in [-0.05, 0) is 54.2 Å². The summed E-state index contributed by atoms with van der Waals surface area (Å²) in [5, 5.41) is 5.87. The number of anilines is 3. The number of amides is 1. The van der Waals surface area contributed by atoms with E-state index in [9.17, 15) is 26.7 Å². The molecule has 0 unspecified atom stereocenters. The Hall–Kier alpha value is -4.42. The molecule has 1 saturated heterocycles. The lowest BCUT2D eigenvalue weighted by Crippen LogP contribution is -2.47. The normalized spacial score (nSPS) is 13.0. The molecule has 0 saturated carbocycles. The molecule has 1 aliphatic heterocycles. The Balaban J connectivity index is 1.16. The number of carbonyl (C=O) groups excluding carboxylic acids is 1. The molecule has 13 heteroatoms. The summed E-state index contributed by atoms with van der Waals surface area (Å²) in [6, 6.07) is 21.3. The zero-order valence-electron chi connectivity index (χ0n) is 22.9. The molecule has 6 nitrogen and oxygen atoms in total. The third-order valence-electron chi connectivity index (χ3n) is 6.90. The Labute approximate surface area is 260 Å². The molecular weight excluding hydrogens is 623 g/mol. The highest BCUT2D eigenvalue weighted by Gasteiger charge is 2.31. The number of thiocarbonyl (C=S) groups is 1. The molecule has 0 spiro atoms. The van der Waals surface area contributed by atoms with Gasteiger partial charge in [0.2, 0.25) is 5.82 Å². The Morgan fingerprint density at radius 3 is 2.09 bits per heavy atom. The predicted octanol–water partition coefficient (Wildman–Crippen LogP) is 7.07. The van der Waals surface area contributed by atoms with Gasteiger partial charge >= 0.3 is 0 Å². The zero-order chi connectivity index (χ0) is 31.4. The number of hydrogen-bond donors (Lipinski definition) is 2. The molecule has 5 rings (SSSR count). The molecule has 0 bridgehead atoms. The van der Waals surface area contributed by atoms with Crippen molar-refractivity contribution in [3.8, 4) is 5.75 Å². The highest BCUT2D eigenvalue weighted by molar-refractivity contribution is 7.80. The van der Waals surface area contributed by atoms with Gasteiger partial charge in [-0.15, -0.1) is 0 Å². The molecule has 1 fully saturated rings. The van der Waals surface area contributed by atoms with Crippen LogP contribution >= 0.6 is 23.8 Å². The van der Waals surface area contributed by atoms with Gasteiger partial charge in [-0.25, -0.2) is 22.0 Å². The Morgan fingerprint density at radius 2 is 1.43 bits per heavy atom. The van der Waals surface area contributed by atoms with Crippen LogP contribution in [0.15, 0.2) is 72.8 Å². The number of benzene rings is 4. The van der Waals surface area contributed by atoms with E-state index in [-0.39, 0.29) is 31.3 Å². The van der Waals surface area contributed by atoms with Gasteiger partial charge < -0.3 is 19.9 Å². The van der Waals surface area contributed by atoms with Gasteiger partial charge in [0.25, 0.3) is 5.91 Å². The van der Waals surface area contributed by atoms with Crippen molar-refractivity contribution in [2.24, 2.45) is 0 Å². The molecule has 1 amide bonds. The molecule has 0 aliphatic carbocycles. The van der Waals surface area contributed by atoms with Gasteiger partial charge in [0.05, 0.1) is 10.7 Å². The zero-order valence-corrected chi connectivity index (χ0v) is 24.4. The Morgan fingerprint density at radius 1 is 0.795 bits per heavy atom. The summed E-state index contributed by atoms with van der Waals surface area (Å²) in [7, 11) is 0. The van der Waals surface area contributed by atoms with E-state index in [4.69, 9.17) is 28.6 Å². The summed E-state index contributed by atoms with van der Waals surface area (Å²) >= 11 is 11.8. The number of nitrogens with one attached hydrogen (secondary N) is 2. The third-order valence-corrected chi connectivity index (χ3v) is 7.41. The number of rotatable bonds is 7. The number of hydrogen-bond acceptors (Lipinski definition) is 5. The van der Waals surface area contributed by atoms with Gasteiger partial charge in [-0.2, -0.15) is 0 Å². The van der Waals surface area contributed by atoms with E-state index in [1.807, 2.05) is 35.2 Å². The fourth-order valence-electron chi connectivity index (χ4n) is 4.69. The summed E-state index contributed by atoms with van der Waals surface area (Å²) in [6.07, 6.45) is 0. The summed E-state index contributed by atoms with van der Waals surface area (Å²) in [6.45, 7) is 0.736. The predicted molar refractivity (Wildman–Crippen MR) is 163 cm³/mol. The van der Waals surface area contributed by atoms with E-state index < -0.39 is 40.7 Å². The van der Waals surface area contributed by atoms with Crippen molar-refractivity contribution >= 4 is 51.9 Å². The van der Waals surface area contributed by atoms with Crippen LogP contribution in [0, 0.1) is 29.1 Å². The van der Waals surface area contributed by atoms with Gasteiger partial charge in [0, 0.05) is 37.4 Å². The highest BCUT2D eigenvalue weighted by Crippen LogP contribution is 2.33. The van der Waals surface area contributed by atoms with Crippen molar-refractivity contribution < 1.29 is 31.5 Å². The average Bonchev–Trinajstić information content (AvgIpc) is 3.03. The Bertz CT molecular complexity index is 1680. The van der Waals surface area contributed by atoms with E-state index in [1.165, 1.54) is 0 Å². The van der Waals surface area contributed by atoms with Gasteiger partial charge in [-0.3, -0.25) is 10.1 Å². The van der Waals surface area contributed by atoms with Crippen molar-refractivity contribution in [2.75, 3.05) is 41.3 Å². The minimum Gasteiger partial charge on any atom is -0.489 e. The molecule has 0 atom stereocenters. The summed E-state index contributed by atoms with van der Waals surface area (Å²) < 4.78 is 75.1. The van der Waals surface area contributed by atoms with Gasteiger partial charge in [0.15, 0.2) is 28.4 Å². The third kappa shape index (κ3) is 6.87. The lowest BCUT2D eigenvalue weighted by atomic mass is 10.2. The van der Waals surface area contributed by atoms with Crippen LogP contribution < -0.4 is 25.2 Å². The molecule has 2 N–H and O–H groups in total. The number of halogens is 6. The van der Waals surface area contributed by atoms with Gasteiger partial charge in [-0.1, -0.05) is 48.0 Å². The number of ether oxygens (including phenoxy) is 1. The standard InChI is InChI=1S/C31H24ClF5N4O2S/c32-22-16-20(38-31(44)39-30(42)19-7-4-8-21(15-19)43-17-18-5-2-1-3-6-18)9-10-23(22)40-11-13-41(14-12-40)29-27(36)25(34)24(33)26(35)28(29)37/h1-10,15-16H,11-14,17H2,(H2,38,39,42,44). The molecule has 4 aromatic rings. The van der Waals surface area contributed by atoms with Crippen LogP contribution in [-0.2, 0) is 6.61 Å². The summed E-state index contributed by atoms with van der Waals surface area (Å²) in [4.78, 5) is 15.7. The molecule has 0 radical (unpaired) electrons. The minimum absolute atomic E-state index is 0.0106. The second kappa shape index (κ2) is 13.5. The van der Waals surface area contributed by atoms with Crippen molar-refractivity contribution in [2.45, 2.75) is 6.61 Å². The first-order valence-electron chi connectivity index (χ1n) is 13.3. The van der Waals surface area contributed by atoms with E-state index in [0.29, 0.717) is 34.3 Å². The van der Waals surface area contributed by atoms with Gasteiger partial charge in [0.1, 0.15) is 18.0 Å². The first kappa shape index (κ1) is 31.0. The van der Waals surface area contributed by atoms with E-state index in [1.54, 1.807) is 42.5 Å². The van der Waals surface area contributed by atoms with Crippen LogP contribution in [0.4, 0.5) is 39.0 Å². The molecule has 1 aliphatic rings. The monoisotopic (exact) mass is 646 g/mol. The maximum atomic E-state index is 14.3. The Kier molecular flexibility index (Phi) is 9.50. The molecule has 4 aromatic carbocycles. The minimum atomic E-state index is -2.19. The summed E-state index contributed by atoms with van der Waals surface area (Å²) in [5.41, 5.74) is 1.47. The highest BCUT2D eigenvalue weighted by atomic mass is 35.5. The topological polar surface area (TPSA) is 56.8 Å². The number of carbonyl (C=O) groups is 1. The maximum Gasteiger partial charge on any atom is 0.257 e. The van der Waals surface area contributed by atoms with Crippen molar-refractivity contribution in [1.82, 2.24) is 5.32 Å². The second-order valence-corrected chi connectivity index (χ2v) is 10.6. The van der Waals surface area contributed by atoms with Crippen LogP contribution in [0.5, 0.6) is 5.75 Å². The fraction of sp³-hybridized carbons (Fsp3) is 0.161. The average molecular weight is 647 g/mol. The van der Waals surface area contributed by atoms with Crippen molar-refractivity contribution in [3.63, 3.8) is 0 Å². The maximum absolute atomic E-state index is 14.3. The smallest absolute Gasteiger partial charge is 0.257 e. The van der Waals surface area contributed by atoms with E-state index in [0.717, 1.165) is 10.5 Å². The largest absolute Gasteiger partial charge is 0.489 e. The molecule has 1 heterocycles. The fourth-order valence-corrected chi connectivity index (χ4v) is 5.20. The van der Waals surface area contributed by atoms with Crippen LogP contribution in [-0.4, -0.2) is 37.2 Å². The lowest BCUT2D eigenvalue weighted by Gasteiger charge is -2.38. The second-order valence-electron chi connectivity index (χ2n) is 9.77. The van der Waals surface area contributed by atoms with Crippen molar-refractivity contribution in [3.05, 3.63) is 118 Å². The van der Waals surface area contributed by atoms with Crippen LogP contribution in [0.3, 0.4) is 0 Å². The van der Waals surface area contributed by atoms with Crippen LogP contribution in [0.25, 0.3) is 0 Å². The number of nitrogens with zero attached hydrogens (tertiary/aromatic N) is 2. The van der Waals surface area contributed by atoms with E-state index in [2.05, 4.69) is 10.6 Å². The molecule has 44 heavy (non-hydrogen) atoms. The first-order valence-corrected chi connectivity index (χ1v) is 14.1. The van der Waals surface area contributed by atoms with Crippen LogP contribution in [0.1, 0.15) is 15.9 Å². The molecular formula is C31H24ClF5N4O2S. The first-order chi connectivity index (χ1) is 21.1. The quantitative estimate of drug-likeness (QED) is 0.0970. The van der Waals surface area contributed by atoms with Crippen LogP contribution in [0.2, 0.25) is 5.02 Å². The van der Waals surface area contributed by atoms with E-state index >= 15 is 0 Å². The molecule has 0 aromatic heterocycles. The summed E-state index contributed by atoms with van der Waals surface area (Å²) in [5.74, 6) is -9.81. The SMILES string of the molecule is O=C(NC(=S)Nc1ccc(N2CCN(c3c(F)c(F)c(F)c(F)c3F)CC2)c(Cl)c1)c1cccc(OCc2ccccc2)c1. The lowest BCUT2D eigenvalue weighted by molar-refractivity contribution is 0.0977. The molecule has 228 valence electrons. The number of piperazine rings is 1.